The monoisotopic (exact) mass is 482 g/mol. The van der Waals surface area contributed by atoms with Crippen molar-refractivity contribution in [3.05, 3.63) is 78.0 Å². The first-order valence-corrected chi connectivity index (χ1v) is 9.63. The first kappa shape index (κ1) is 21.7. The number of anilines is 1. The Morgan fingerprint density at radius 2 is 1.83 bits per heavy atom. The normalized spacial score (nSPS) is 11.5. The topological polar surface area (TPSA) is 132 Å². The van der Waals surface area contributed by atoms with Gasteiger partial charge in [-0.1, -0.05) is 0 Å². The van der Waals surface area contributed by atoms with Gasteiger partial charge in [0.1, 0.15) is 17.5 Å². The molecule has 0 fully saturated rings. The summed E-state index contributed by atoms with van der Waals surface area (Å²) >= 11 is 0. The van der Waals surface area contributed by atoms with E-state index in [1.807, 2.05) is 6.07 Å². The predicted molar refractivity (Wildman–Crippen MR) is 109 cm³/mol. The van der Waals surface area contributed by atoms with Gasteiger partial charge in [-0.3, -0.25) is 9.20 Å². The molecule has 0 bridgehead atoms. The molecule has 0 radical (unpaired) electrons. The van der Waals surface area contributed by atoms with Gasteiger partial charge in [-0.15, -0.1) is 4.80 Å². The van der Waals surface area contributed by atoms with Gasteiger partial charge in [-0.25, -0.2) is 19.0 Å². The maximum Gasteiger partial charge on any atom is 0.434 e. The lowest BCUT2D eigenvalue weighted by Crippen LogP contribution is -2.21. The van der Waals surface area contributed by atoms with Crippen molar-refractivity contribution in [2.24, 2.45) is 0 Å². The fourth-order valence-electron chi connectivity index (χ4n) is 3.39. The van der Waals surface area contributed by atoms with E-state index in [4.69, 9.17) is 0 Å². The van der Waals surface area contributed by atoms with E-state index >= 15 is 0 Å². The van der Waals surface area contributed by atoms with Crippen molar-refractivity contribution in [2.45, 2.75) is 6.18 Å². The molecule has 15 heteroatoms. The minimum Gasteiger partial charge on any atom is -0.320 e. The molecular formula is C20H10F4N10O. The quantitative estimate of drug-likeness (QED) is 0.390. The molecule has 174 valence electrons. The molecule has 0 atom stereocenters. The largest absolute Gasteiger partial charge is 0.434 e. The smallest absolute Gasteiger partial charge is 0.320 e. The molecule has 0 aliphatic heterocycles. The zero-order valence-electron chi connectivity index (χ0n) is 17.1. The molecule has 5 heterocycles. The summed E-state index contributed by atoms with van der Waals surface area (Å²) in [5.41, 5.74) is -2.46. The zero-order valence-corrected chi connectivity index (χ0v) is 17.1. The predicted octanol–water partition coefficient (Wildman–Crippen LogP) is 2.78. The Morgan fingerprint density at radius 1 is 1.06 bits per heavy atom. The van der Waals surface area contributed by atoms with E-state index in [0.717, 1.165) is 33.7 Å². The highest BCUT2D eigenvalue weighted by molar-refractivity contribution is 6.05. The SMILES string of the molecule is N#Cc1cc(NC(=O)c2cnn(-c3ccc(F)c4nccn34)c2C(F)(F)F)cnc1-n1nccn1. The number of pyridine rings is 2. The Balaban J connectivity index is 1.54. The Labute approximate surface area is 191 Å². The maximum atomic E-state index is 14.0. The van der Waals surface area contributed by atoms with E-state index in [1.54, 1.807) is 0 Å². The minimum absolute atomic E-state index is 0.0282. The summed E-state index contributed by atoms with van der Waals surface area (Å²) in [6.45, 7) is 0. The minimum atomic E-state index is -5.00. The van der Waals surface area contributed by atoms with Gasteiger partial charge in [0.15, 0.2) is 23.0 Å². The van der Waals surface area contributed by atoms with Crippen LogP contribution in [0.15, 0.2) is 55.4 Å². The van der Waals surface area contributed by atoms with Crippen molar-refractivity contribution in [1.29, 1.82) is 5.26 Å². The third-order valence-corrected chi connectivity index (χ3v) is 4.83. The summed E-state index contributed by atoms with van der Waals surface area (Å²) in [4.78, 5) is 21.7. The van der Waals surface area contributed by atoms with Crippen LogP contribution in [0.5, 0.6) is 0 Å². The number of fused-ring (bicyclic) bond motifs is 1. The molecule has 0 saturated carbocycles. The van der Waals surface area contributed by atoms with Gasteiger partial charge >= 0.3 is 6.18 Å². The summed E-state index contributed by atoms with van der Waals surface area (Å²) in [6.07, 6.45) is 2.10. The third-order valence-electron chi connectivity index (χ3n) is 4.83. The van der Waals surface area contributed by atoms with E-state index in [0.29, 0.717) is 4.68 Å². The molecule has 11 nitrogen and oxygen atoms in total. The second-order valence-electron chi connectivity index (χ2n) is 6.96. The molecule has 1 amide bonds. The van der Waals surface area contributed by atoms with Crippen molar-refractivity contribution in [3.63, 3.8) is 0 Å². The van der Waals surface area contributed by atoms with Gasteiger partial charge in [-0.2, -0.15) is 33.7 Å². The van der Waals surface area contributed by atoms with Crippen LogP contribution in [-0.2, 0) is 6.18 Å². The zero-order chi connectivity index (χ0) is 24.7. The summed E-state index contributed by atoms with van der Waals surface area (Å²) in [6, 6.07) is 5.12. The van der Waals surface area contributed by atoms with Gasteiger partial charge < -0.3 is 5.32 Å². The highest BCUT2D eigenvalue weighted by Gasteiger charge is 2.41. The Bertz CT molecular complexity index is 1610. The fraction of sp³-hybridized carbons (Fsp3) is 0.0500. The number of carbonyl (C=O) groups is 1. The second-order valence-corrected chi connectivity index (χ2v) is 6.96. The average Bonchev–Trinajstić information content (AvgIpc) is 3.59. The second kappa shape index (κ2) is 8.02. The van der Waals surface area contributed by atoms with Crippen LogP contribution in [0, 0.1) is 17.1 Å². The lowest BCUT2D eigenvalue weighted by atomic mass is 10.2. The molecule has 0 aromatic carbocycles. The molecule has 35 heavy (non-hydrogen) atoms. The van der Waals surface area contributed by atoms with E-state index in [1.165, 1.54) is 30.9 Å². The van der Waals surface area contributed by atoms with Gasteiger partial charge in [0, 0.05) is 12.4 Å². The van der Waals surface area contributed by atoms with Gasteiger partial charge in [-0.05, 0) is 18.2 Å². The average molecular weight is 482 g/mol. The Hall–Kier alpha value is -5.13. The van der Waals surface area contributed by atoms with Crippen LogP contribution in [0.1, 0.15) is 21.6 Å². The number of hydrogen-bond acceptors (Lipinski definition) is 7. The van der Waals surface area contributed by atoms with Crippen molar-refractivity contribution in [3.8, 4) is 17.7 Å². The number of imidazole rings is 1. The van der Waals surface area contributed by atoms with E-state index in [2.05, 4.69) is 30.6 Å². The number of carbonyl (C=O) groups excluding carboxylic acids is 1. The van der Waals surface area contributed by atoms with Gasteiger partial charge in [0.05, 0.1) is 36.0 Å². The van der Waals surface area contributed by atoms with Crippen LogP contribution in [-0.4, -0.2) is 45.1 Å². The molecule has 0 spiro atoms. The number of hydrogen-bond donors (Lipinski definition) is 1. The molecule has 5 aromatic rings. The highest BCUT2D eigenvalue weighted by atomic mass is 19.4. The van der Waals surface area contributed by atoms with Crippen LogP contribution in [0.4, 0.5) is 23.2 Å². The van der Waals surface area contributed by atoms with Crippen LogP contribution in [0.25, 0.3) is 17.3 Å². The standard InChI is InChI=1S/C20H10F4N10O/c21-14-1-2-15(32-6-5-26-18(14)32)33-16(20(22,23)24)13(10-30-33)19(35)31-12-7-11(8-25)17(27-9-12)34-28-3-4-29-34/h1-7,9-10H,(H,31,35). The first-order valence-electron chi connectivity index (χ1n) is 9.63. The number of aromatic nitrogens is 8. The van der Waals surface area contributed by atoms with E-state index in [9.17, 15) is 27.6 Å². The van der Waals surface area contributed by atoms with Gasteiger partial charge in [0.25, 0.3) is 5.91 Å². The van der Waals surface area contributed by atoms with E-state index < -0.39 is 29.2 Å². The number of amides is 1. The number of nitrogens with zero attached hydrogens (tertiary/aromatic N) is 9. The number of nitrogens with one attached hydrogen (secondary N) is 1. The number of halogens is 4. The van der Waals surface area contributed by atoms with Crippen LogP contribution < -0.4 is 5.32 Å². The summed E-state index contributed by atoms with van der Waals surface area (Å²) in [7, 11) is 0. The first-order chi connectivity index (χ1) is 16.8. The highest BCUT2D eigenvalue weighted by Crippen LogP contribution is 2.34. The molecule has 5 rings (SSSR count). The van der Waals surface area contributed by atoms with E-state index in [-0.39, 0.29) is 28.5 Å². The molecule has 5 aromatic heterocycles. The number of rotatable bonds is 4. The molecule has 0 aliphatic carbocycles. The third kappa shape index (κ3) is 3.72. The molecule has 1 N–H and O–H groups in total. The summed E-state index contributed by atoms with van der Waals surface area (Å²) < 4.78 is 57.7. The van der Waals surface area contributed by atoms with Crippen molar-refractivity contribution >= 4 is 17.2 Å². The lowest BCUT2D eigenvalue weighted by molar-refractivity contribution is -0.143. The number of nitriles is 1. The van der Waals surface area contributed by atoms with Crippen molar-refractivity contribution in [2.75, 3.05) is 5.32 Å². The summed E-state index contributed by atoms with van der Waals surface area (Å²) in [5.74, 6) is -2.01. The van der Waals surface area contributed by atoms with Crippen LogP contribution in [0.3, 0.4) is 0 Å². The molecule has 0 unspecified atom stereocenters. The van der Waals surface area contributed by atoms with Crippen LogP contribution >= 0.6 is 0 Å². The van der Waals surface area contributed by atoms with Gasteiger partial charge in [0.2, 0.25) is 0 Å². The molecule has 0 saturated heterocycles. The number of alkyl halides is 3. The van der Waals surface area contributed by atoms with Crippen LogP contribution in [0.2, 0.25) is 0 Å². The van der Waals surface area contributed by atoms with Crippen molar-refractivity contribution < 1.29 is 22.4 Å². The van der Waals surface area contributed by atoms with Crippen molar-refractivity contribution in [1.82, 2.24) is 39.1 Å². The molecule has 0 aliphatic rings. The lowest BCUT2D eigenvalue weighted by Gasteiger charge is -2.14. The summed E-state index contributed by atoms with van der Waals surface area (Å²) in [5, 5.41) is 23.1. The fourth-order valence-corrected chi connectivity index (χ4v) is 3.39. The maximum absolute atomic E-state index is 14.0. The molecular weight excluding hydrogens is 472 g/mol. The Kier molecular flexibility index (Phi) is 4.97. The Morgan fingerprint density at radius 3 is 2.54 bits per heavy atom.